The summed E-state index contributed by atoms with van der Waals surface area (Å²) in [4.78, 5) is 12.8. The fourth-order valence-corrected chi connectivity index (χ4v) is 4.30. The molecule has 3 aromatic rings. The molecule has 3 rings (SSSR count). The molecular weight excluding hydrogens is 384 g/mol. The Morgan fingerprint density at radius 3 is 2.24 bits per heavy atom. The lowest BCUT2D eigenvalue weighted by Crippen LogP contribution is -2.27. The molecule has 0 saturated carbocycles. The van der Waals surface area contributed by atoms with E-state index in [-0.39, 0.29) is 16.4 Å². The lowest BCUT2D eigenvalue weighted by Gasteiger charge is -2.20. The molecule has 0 fully saturated rings. The Kier molecular flexibility index (Phi) is 5.75. The monoisotopic (exact) mass is 408 g/mol. The second kappa shape index (κ2) is 8.09. The van der Waals surface area contributed by atoms with Crippen LogP contribution in [0.5, 0.6) is 0 Å². The van der Waals surface area contributed by atoms with Crippen molar-refractivity contribution in [3.63, 3.8) is 0 Å². The molecule has 0 unspecified atom stereocenters. The highest BCUT2D eigenvalue weighted by Crippen LogP contribution is 2.24. The molecule has 0 aliphatic rings. The van der Waals surface area contributed by atoms with E-state index in [0.29, 0.717) is 11.4 Å². The predicted octanol–water partition coefficient (Wildman–Crippen LogP) is 4.69. The van der Waals surface area contributed by atoms with Gasteiger partial charge in [0.05, 0.1) is 10.6 Å². The minimum atomic E-state index is -3.80. The van der Waals surface area contributed by atoms with Gasteiger partial charge in [-0.05, 0) is 68.3 Å². The quantitative estimate of drug-likeness (QED) is 0.666. The van der Waals surface area contributed by atoms with Crippen molar-refractivity contribution >= 4 is 27.3 Å². The van der Waals surface area contributed by atoms with Gasteiger partial charge >= 0.3 is 0 Å². The minimum Gasteiger partial charge on any atom is -0.322 e. The van der Waals surface area contributed by atoms with Gasteiger partial charge in [-0.3, -0.25) is 9.10 Å². The van der Waals surface area contributed by atoms with E-state index < -0.39 is 10.0 Å². The number of hydrogen-bond donors (Lipinski definition) is 1. The number of amides is 1. The smallest absolute Gasteiger partial charge is 0.264 e. The topological polar surface area (TPSA) is 66.5 Å². The van der Waals surface area contributed by atoms with Crippen molar-refractivity contribution < 1.29 is 13.2 Å². The van der Waals surface area contributed by atoms with Crippen molar-refractivity contribution in [2.75, 3.05) is 16.7 Å². The van der Waals surface area contributed by atoms with Crippen molar-refractivity contribution in [2.24, 2.45) is 0 Å². The molecule has 6 heteroatoms. The number of nitrogens with zero attached hydrogens (tertiary/aromatic N) is 1. The highest BCUT2D eigenvalue weighted by molar-refractivity contribution is 7.92. The third kappa shape index (κ3) is 4.49. The summed E-state index contributed by atoms with van der Waals surface area (Å²) < 4.78 is 27.3. The Morgan fingerprint density at radius 1 is 0.862 bits per heavy atom. The second-order valence-corrected chi connectivity index (χ2v) is 9.08. The standard InChI is InChI=1S/C23H24N2O3S/c1-16-7-5-9-20(14-16)25(4)29(27,28)21-10-6-8-19(15-21)23(26)24-22-12-11-17(2)13-18(22)3/h5-15H,1-4H3,(H,24,26). The average Bonchev–Trinajstić information content (AvgIpc) is 2.69. The van der Waals surface area contributed by atoms with Crippen molar-refractivity contribution in [1.82, 2.24) is 0 Å². The van der Waals surface area contributed by atoms with Gasteiger partial charge in [0.15, 0.2) is 0 Å². The summed E-state index contributed by atoms with van der Waals surface area (Å²) in [5.74, 6) is -0.354. The van der Waals surface area contributed by atoms with Crippen LogP contribution in [0.2, 0.25) is 0 Å². The number of anilines is 2. The molecule has 0 heterocycles. The molecule has 0 aliphatic heterocycles. The molecular formula is C23H24N2O3S. The summed E-state index contributed by atoms with van der Waals surface area (Å²) in [6, 6.07) is 19.1. The van der Waals surface area contributed by atoms with E-state index in [1.807, 2.05) is 51.1 Å². The molecule has 0 spiro atoms. The fourth-order valence-electron chi connectivity index (χ4n) is 3.07. The summed E-state index contributed by atoms with van der Waals surface area (Å²) in [7, 11) is -2.29. The van der Waals surface area contributed by atoms with Crippen LogP contribution in [0, 0.1) is 20.8 Å². The number of rotatable bonds is 5. The van der Waals surface area contributed by atoms with Crippen LogP contribution >= 0.6 is 0 Å². The first-order chi connectivity index (χ1) is 13.7. The van der Waals surface area contributed by atoms with Gasteiger partial charge in [0.2, 0.25) is 0 Å². The summed E-state index contributed by atoms with van der Waals surface area (Å²) >= 11 is 0. The van der Waals surface area contributed by atoms with E-state index in [0.717, 1.165) is 16.7 Å². The number of benzene rings is 3. The van der Waals surface area contributed by atoms with Crippen molar-refractivity contribution in [2.45, 2.75) is 25.7 Å². The number of sulfonamides is 1. The number of carbonyl (C=O) groups is 1. The van der Waals surface area contributed by atoms with Crippen LogP contribution in [0.15, 0.2) is 71.6 Å². The van der Waals surface area contributed by atoms with Gasteiger partial charge in [-0.15, -0.1) is 0 Å². The van der Waals surface area contributed by atoms with Crippen LogP contribution in [0.4, 0.5) is 11.4 Å². The van der Waals surface area contributed by atoms with Gasteiger partial charge < -0.3 is 5.32 Å². The number of hydrogen-bond acceptors (Lipinski definition) is 3. The van der Waals surface area contributed by atoms with Gasteiger partial charge in [0, 0.05) is 18.3 Å². The summed E-state index contributed by atoms with van der Waals surface area (Å²) in [6.45, 7) is 5.81. The molecule has 29 heavy (non-hydrogen) atoms. The van der Waals surface area contributed by atoms with Crippen LogP contribution in [-0.2, 0) is 10.0 Å². The molecule has 1 N–H and O–H groups in total. The van der Waals surface area contributed by atoms with E-state index in [2.05, 4.69) is 5.32 Å². The zero-order valence-electron chi connectivity index (χ0n) is 16.9. The van der Waals surface area contributed by atoms with E-state index in [9.17, 15) is 13.2 Å². The third-order valence-corrected chi connectivity index (χ3v) is 6.53. The van der Waals surface area contributed by atoms with E-state index in [1.165, 1.54) is 23.5 Å². The molecule has 0 bridgehead atoms. The van der Waals surface area contributed by atoms with Crippen LogP contribution in [0.1, 0.15) is 27.0 Å². The van der Waals surface area contributed by atoms with Crippen molar-refractivity contribution in [1.29, 1.82) is 0 Å². The van der Waals surface area contributed by atoms with Crippen molar-refractivity contribution in [3.8, 4) is 0 Å². The first-order valence-corrected chi connectivity index (χ1v) is 10.7. The van der Waals surface area contributed by atoms with Crippen LogP contribution in [-0.4, -0.2) is 21.4 Å². The molecule has 0 aliphatic carbocycles. The Labute approximate surface area is 172 Å². The molecule has 1 amide bonds. The number of aryl methyl sites for hydroxylation is 3. The maximum absolute atomic E-state index is 13.1. The fraction of sp³-hybridized carbons (Fsp3) is 0.174. The predicted molar refractivity (Wildman–Crippen MR) is 117 cm³/mol. The maximum Gasteiger partial charge on any atom is 0.264 e. The summed E-state index contributed by atoms with van der Waals surface area (Å²) in [6.07, 6.45) is 0. The number of nitrogens with one attached hydrogen (secondary N) is 1. The highest BCUT2D eigenvalue weighted by atomic mass is 32.2. The van der Waals surface area contributed by atoms with Gasteiger partial charge in [-0.2, -0.15) is 0 Å². The lowest BCUT2D eigenvalue weighted by atomic mass is 10.1. The molecule has 0 aromatic heterocycles. The minimum absolute atomic E-state index is 0.0646. The first-order valence-electron chi connectivity index (χ1n) is 9.23. The van der Waals surface area contributed by atoms with Crippen LogP contribution < -0.4 is 9.62 Å². The molecule has 0 radical (unpaired) electrons. The summed E-state index contributed by atoms with van der Waals surface area (Å²) in [5.41, 5.74) is 4.56. The molecule has 5 nitrogen and oxygen atoms in total. The van der Waals surface area contributed by atoms with Gasteiger partial charge in [-0.25, -0.2) is 8.42 Å². The van der Waals surface area contributed by atoms with E-state index in [1.54, 1.807) is 24.3 Å². The molecule has 150 valence electrons. The Morgan fingerprint density at radius 2 is 1.55 bits per heavy atom. The van der Waals surface area contributed by atoms with Gasteiger partial charge in [0.25, 0.3) is 15.9 Å². The van der Waals surface area contributed by atoms with Gasteiger partial charge in [0.1, 0.15) is 0 Å². The number of carbonyl (C=O) groups excluding carboxylic acids is 1. The first kappa shape index (κ1) is 20.6. The zero-order chi connectivity index (χ0) is 21.2. The average molecular weight is 409 g/mol. The van der Waals surface area contributed by atoms with Crippen LogP contribution in [0.3, 0.4) is 0 Å². The largest absolute Gasteiger partial charge is 0.322 e. The maximum atomic E-state index is 13.1. The summed E-state index contributed by atoms with van der Waals surface area (Å²) in [5, 5.41) is 2.85. The molecule has 0 saturated heterocycles. The highest BCUT2D eigenvalue weighted by Gasteiger charge is 2.22. The zero-order valence-corrected chi connectivity index (χ0v) is 17.7. The van der Waals surface area contributed by atoms with E-state index >= 15 is 0 Å². The Hall–Kier alpha value is -3.12. The lowest BCUT2D eigenvalue weighted by molar-refractivity contribution is 0.102. The third-order valence-electron chi connectivity index (χ3n) is 4.75. The Balaban J connectivity index is 1.89. The Bertz CT molecular complexity index is 1170. The second-order valence-electron chi connectivity index (χ2n) is 7.11. The van der Waals surface area contributed by atoms with Crippen molar-refractivity contribution in [3.05, 3.63) is 89.0 Å². The van der Waals surface area contributed by atoms with Gasteiger partial charge in [-0.1, -0.05) is 35.9 Å². The van der Waals surface area contributed by atoms with E-state index in [4.69, 9.17) is 0 Å². The normalized spacial score (nSPS) is 11.2. The molecule has 0 atom stereocenters. The van der Waals surface area contributed by atoms with Crippen LogP contribution in [0.25, 0.3) is 0 Å². The molecule has 3 aromatic carbocycles. The SMILES string of the molecule is Cc1cccc(N(C)S(=O)(=O)c2cccc(C(=O)Nc3ccc(C)cc3C)c2)c1.